The summed E-state index contributed by atoms with van der Waals surface area (Å²) in [6.07, 6.45) is 0. The van der Waals surface area contributed by atoms with Gasteiger partial charge in [0.25, 0.3) is 0 Å². The lowest BCUT2D eigenvalue weighted by molar-refractivity contribution is 1.10. The van der Waals surface area contributed by atoms with Crippen LogP contribution in [-0.4, -0.2) is 29.1 Å². The molecule has 0 atom stereocenters. The summed E-state index contributed by atoms with van der Waals surface area (Å²) in [6, 6.07) is 101. The SMILES string of the molecule is Cc1ccc2c(c1)c1ccccc1n2-c1c(-c2nc(-c3ccccc3)cc(-c3ccccc3)n2)cc(-n2c3ccc(-c4ccccc4)cc3c3cc(-c4ccccc4)ccc32)cc1-c1nc(-c2ccccc2)cc(-c2ccccc2)n1. The van der Waals surface area contributed by atoms with Crippen molar-refractivity contribution in [3.8, 4) is 101 Å². The summed E-state index contributed by atoms with van der Waals surface area (Å²) in [5.74, 6) is 1.12. The fraction of sp³-hybridized carbons (Fsp3) is 0.0133. The summed E-state index contributed by atoms with van der Waals surface area (Å²) in [4.78, 5) is 22.7. The van der Waals surface area contributed by atoms with Crippen LogP contribution in [-0.2, 0) is 0 Å². The van der Waals surface area contributed by atoms with E-state index in [1.807, 2.05) is 24.3 Å². The molecule has 4 aromatic heterocycles. The highest BCUT2D eigenvalue weighted by Crippen LogP contribution is 2.46. The molecule has 0 fully saturated rings. The molecule has 0 aliphatic heterocycles. The lowest BCUT2D eigenvalue weighted by atomic mass is 10.00. The molecule has 0 N–H and O–H groups in total. The Morgan fingerprint density at radius 2 is 0.580 bits per heavy atom. The molecule has 0 spiro atoms. The third kappa shape index (κ3) is 8.54. The number of aryl methyl sites for hydroxylation is 1. The van der Waals surface area contributed by atoms with E-state index in [2.05, 4.69) is 277 Å². The molecule has 6 heteroatoms. The quantitative estimate of drug-likeness (QED) is 0.137. The number of hydrogen-bond donors (Lipinski definition) is 0. The Morgan fingerprint density at radius 1 is 0.247 bits per heavy atom. The van der Waals surface area contributed by atoms with Gasteiger partial charge in [0, 0.05) is 60.6 Å². The van der Waals surface area contributed by atoms with E-state index < -0.39 is 0 Å². The first-order valence-electron chi connectivity index (χ1n) is 27.4. The first-order chi connectivity index (χ1) is 40.1. The molecular weight excluding hydrogens is 985 g/mol. The fourth-order valence-electron chi connectivity index (χ4n) is 11.7. The molecule has 4 heterocycles. The Morgan fingerprint density at radius 3 is 1.00 bits per heavy atom. The number of rotatable bonds is 10. The summed E-state index contributed by atoms with van der Waals surface area (Å²) in [7, 11) is 0. The van der Waals surface area contributed by atoms with Crippen LogP contribution < -0.4 is 0 Å². The van der Waals surface area contributed by atoms with Gasteiger partial charge in [-0.3, -0.25) is 0 Å². The van der Waals surface area contributed by atoms with Crippen molar-refractivity contribution in [2.45, 2.75) is 6.92 Å². The highest BCUT2D eigenvalue weighted by molar-refractivity contribution is 6.13. The number of benzene rings is 11. The zero-order chi connectivity index (χ0) is 53.8. The van der Waals surface area contributed by atoms with Crippen LogP contribution in [0, 0.1) is 6.92 Å². The highest BCUT2D eigenvalue weighted by atomic mass is 15.0. The second-order valence-electron chi connectivity index (χ2n) is 20.7. The lowest BCUT2D eigenvalue weighted by Crippen LogP contribution is -2.08. The molecule has 380 valence electrons. The number of nitrogens with zero attached hydrogens (tertiary/aromatic N) is 6. The van der Waals surface area contributed by atoms with Gasteiger partial charge in [0.1, 0.15) is 0 Å². The fourth-order valence-corrected chi connectivity index (χ4v) is 11.7. The number of fused-ring (bicyclic) bond motifs is 6. The van der Waals surface area contributed by atoms with E-state index in [-0.39, 0.29) is 0 Å². The van der Waals surface area contributed by atoms with Crippen molar-refractivity contribution in [1.29, 1.82) is 0 Å². The van der Waals surface area contributed by atoms with Crippen molar-refractivity contribution >= 4 is 43.6 Å². The van der Waals surface area contributed by atoms with Crippen LogP contribution in [0.15, 0.2) is 285 Å². The van der Waals surface area contributed by atoms with E-state index in [1.54, 1.807) is 0 Å². The van der Waals surface area contributed by atoms with Crippen LogP contribution in [0.1, 0.15) is 5.56 Å². The molecular formula is C75H50N6. The zero-order valence-corrected chi connectivity index (χ0v) is 44.3. The van der Waals surface area contributed by atoms with Gasteiger partial charge in [-0.05, 0) is 95.9 Å². The maximum Gasteiger partial charge on any atom is 0.162 e. The molecule has 0 amide bonds. The maximum atomic E-state index is 5.67. The van der Waals surface area contributed by atoms with Gasteiger partial charge in [-0.2, -0.15) is 0 Å². The van der Waals surface area contributed by atoms with Gasteiger partial charge in [0.2, 0.25) is 0 Å². The minimum absolute atomic E-state index is 0.562. The lowest BCUT2D eigenvalue weighted by Gasteiger charge is -2.22. The van der Waals surface area contributed by atoms with E-state index in [1.165, 1.54) is 5.56 Å². The van der Waals surface area contributed by atoms with Crippen molar-refractivity contribution in [3.63, 3.8) is 0 Å². The summed E-state index contributed by atoms with van der Waals surface area (Å²) < 4.78 is 4.82. The Bertz CT molecular complexity index is 4480. The van der Waals surface area contributed by atoms with Gasteiger partial charge in [0.15, 0.2) is 11.6 Å². The second kappa shape index (κ2) is 19.9. The van der Waals surface area contributed by atoms with E-state index in [4.69, 9.17) is 19.9 Å². The number of hydrogen-bond acceptors (Lipinski definition) is 4. The Hall–Kier alpha value is -10.8. The van der Waals surface area contributed by atoms with E-state index in [0.717, 1.165) is 133 Å². The molecule has 6 nitrogen and oxygen atoms in total. The molecule has 0 saturated heterocycles. The van der Waals surface area contributed by atoms with Crippen molar-refractivity contribution in [2.24, 2.45) is 0 Å². The Kier molecular flexibility index (Phi) is 11.6. The second-order valence-corrected chi connectivity index (χ2v) is 20.7. The smallest absolute Gasteiger partial charge is 0.162 e. The van der Waals surface area contributed by atoms with Crippen molar-refractivity contribution in [2.75, 3.05) is 0 Å². The van der Waals surface area contributed by atoms with Crippen LogP contribution in [0.25, 0.3) is 145 Å². The summed E-state index contributed by atoms with van der Waals surface area (Å²) in [5, 5.41) is 4.55. The minimum Gasteiger partial charge on any atom is -0.309 e. The average Bonchev–Trinajstić information content (AvgIpc) is 3.34. The molecule has 0 unspecified atom stereocenters. The predicted molar refractivity (Wildman–Crippen MR) is 335 cm³/mol. The van der Waals surface area contributed by atoms with Crippen LogP contribution in [0.5, 0.6) is 0 Å². The van der Waals surface area contributed by atoms with Gasteiger partial charge in [-0.1, -0.05) is 224 Å². The van der Waals surface area contributed by atoms with E-state index in [9.17, 15) is 0 Å². The van der Waals surface area contributed by atoms with Crippen LogP contribution in [0.2, 0.25) is 0 Å². The Balaban J connectivity index is 1.13. The number of aromatic nitrogens is 6. The van der Waals surface area contributed by atoms with Crippen LogP contribution >= 0.6 is 0 Å². The largest absolute Gasteiger partial charge is 0.309 e. The average molecular weight is 1040 g/mol. The molecule has 0 bridgehead atoms. The van der Waals surface area contributed by atoms with Gasteiger partial charge in [-0.25, -0.2) is 19.9 Å². The molecule has 0 radical (unpaired) electrons. The third-order valence-corrected chi connectivity index (χ3v) is 15.6. The monoisotopic (exact) mass is 1030 g/mol. The van der Waals surface area contributed by atoms with Gasteiger partial charge in [-0.15, -0.1) is 0 Å². The van der Waals surface area contributed by atoms with Gasteiger partial charge in [0.05, 0.1) is 50.5 Å². The summed E-state index contributed by atoms with van der Waals surface area (Å²) in [6.45, 7) is 2.16. The molecule has 0 aliphatic carbocycles. The molecule has 0 aliphatic rings. The normalized spacial score (nSPS) is 11.5. The summed E-state index contributed by atoms with van der Waals surface area (Å²) >= 11 is 0. The maximum absolute atomic E-state index is 5.67. The summed E-state index contributed by atoms with van der Waals surface area (Å²) in [5.41, 5.74) is 20.5. The predicted octanol–water partition coefficient (Wildman–Crippen LogP) is 19.1. The zero-order valence-electron chi connectivity index (χ0n) is 44.3. The Labute approximate surface area is 469 Å². The van der Waals surface area contributed by atoms with Crippen molar-refractivity contribution < 1.29 is 0 Å². The van der Waals surface area contributed by atoms with E-state index >= 15 is 0 Å². The molecule has 11 aromatic carbocycles. The molecule has 0 saturated carbocycles. The van der Waals surface area contributed by atoms with Gasteiger partial charge >= 0.3 is 0 Å². The minimum atomic E-state index is 0.562. The van der Waals surface area contributed by atoms with Gasteiger partial charge < -0.3 is 9.13 Å². The van der Waals surface area contributed by atoms with Crippen LogP contribution in [0.3, 0.4) is 0 Å². The third-order valence-electron chi connectivity index (χ3n) is 15.6. The van der Waals surface area contributed by atoms with Crippen molar-refractivity contribution in [3.05, 3.63) is 291 Å². The van der Waals surface area contributed by atoms with Crippen LogP contribution in [0.4, 0.5) is 0 Å². The molecule has 81 heavy (non-hydrogen) atoms. The first-order valence-corrected chi connectivity index (χ1v) is 27.4. The standard InChI is InChI=1S/C75H50N6/c1-49-36-39-72-60(42-49)59-34-20-21-35-69(59)81(72)73-63(74-76-65(52-26-12-4-13-27-52)47-66(77-74)53-28-14-5-15-29-53)45-58(46-64(73)75-78-67(54-30-16-6-17-31-54)48-68(79-75)55-32-18-7-19-33-55)80-70-40-37-56(50-22-8-2-9-23-50)43-61(70)62-44-57(38-41-71(62)80)51-24-10-3-11-25-51/h2-48H,1H3. The molecule has 15 rings (SSSR count). The van der Waals surface area contributed by atoms with Crippen molar-refractivity contribution in [1.82, 2.24) is 29.1 Å². The van der Waals surface area contributed by atoms with E-state index in [0.29, 0.717) is 11.6 Å². The number of para-hydroxylation sites is 1. The first kappa shape index (κ1) is 47.4. The topological polar surface area (TPSA) is 61.4 Å². The highest BCUT2D eigenvalue weighted by Gasteiger charge is 2.27. The molecule has 15 aromatic rings.